The van der Waals surface area contributed by atoms with Crippen LogP contribution < -0.4 is 5.32 Å². The quantitative estimate of drug-likeness (QED) is 0.809. The fraction of sp³-hybridized carbons (Fsp3) is 0.611. The second-order valence-corrected chi connectivity index (χ2v) is 6.21. The third-order valence-corrected chi connectivity index (χ3v) is 4.63. The molecule has 0 atom stereocenters. The molecule has 0 bridgehead atoms. The molecule has 0 spiro atoms. The SMILES string of the molecule is CCCCC1(CNC(=O)c2ccccc2)CCCCC1. The Labute approximate surface area is 123 Å². The van der Waals surface area contributed by atoms with Crippen molar-refractivity contribution in [2.75, 3.05) is 6.54 Å². The standard InChI is InChI=1S/C18H27NO/c1-2-3-12-18(13-8-5-9-14-18)15-19-17(20)16-10-6-4-7-11-16/h4,6-7,10-11H,2-3,5,8-9,12-15H2,1H3,(H,19,20). The number of unbranched alkanes of at least 4 members (excludes halogenated alkanes) is 1. The van der Waals surface area contributed by atoms with Gasteiger partial charge in [-0.2, -0.15) is 0 Å². The topological polar surface area (TPSA) is 29.1 Å². The third-order valence-electron chi connectivity index (χ3n) is 4.63. The largest absolute Gasteiger partial charge is 0.351 e. The summed E-state index contributed by atoms with van der Waals surface area (Å²) in [7, 11) is 0. The Morgan fingerprint density at radius 2 is 1.85 bits per heavy atom. The van der Waals surface area contributed by atoms with Crippen LogP contribution in [0, 0.1) is 5.41 Å². The molecule has 1 aromatic rings. The van der Waals surface area contributed by atoms with Crippen molar-refractivity contribution in [1.29, 1.82) is 0 Å². The van der Waals surface area contributed by atoms with Crippen LogP contribution in [0.1, 0.15) is 68.6 Å². The Bertz CT molecular complexity index is 407. The van der Waals surface area contributed by atoms with Gasteiger partial charge in [-0.1, -0.05) is 57.2 Å². The van der Waals surface area contributed by atoms with Crippen molar-refractivity contribution in [3.8, 4) is 0 Å². The van der Waals surface area contributed by atoms with Gasteiger partial charge in [0, 0.05) is 12.1 Å². The average molecular weight is 273 g/mol. The summed E-state index contributed by atoms with van der Waals surface area (Å²) < 4.78 is 0. The minimum absolute atomic E-state index is 0.0760. The van der Waals surface area contributed by atoms with Gasteiger partial charge in [-0.25, -0.2) is 0 Å². The Morgan fingerprint density at radius 3 is 2.50 bits per heavy atom. The minimum Gasteiger partial charge on any atom is -0.351 e. The van der Waals surface area contributed by atoms with E-state index in [9.17, 15) is 4.79 Å². The van der Waals surface area contributed by atoms with Crippen LogP contribution in [0.5, 0.6) is 0 Å². The maximum atomic E-state index is 12.2. The van der Waals surface area contributed by atoms with Crippen molar-refractivity contribution < 1.29 is 4.79 Å². The number of rotatable bonds is 6. The highest BCUT2D eigenvalue weighted by Crippen LogP contribution is 2.40. The van der Waals surface area contributed by atoms with Gasteiger partial charge in [0.05, 0.1) is 0 Å². The van der Waals surface area contributed by atoms with Crippen LogP contribution in [0.15, 0.2) is 30.3 Å². The van der Waals surface area contributed by atoms with E-state index in [0.717, 1.165) is 12.1 Å². The highest BCUT2D eigenvalue weighted by atomic mass is 16.1. The van der Waals surface area contributed by atoms with E-state index < -0.39 is 0 Å². The first kappa shape index (κ1) is 15.1. The van der Waals surface area contributed by atoms with E-state index >= 15 is 0 Å². The number of hydrogen-bond acceptors (Lipinski definition) is 1. The first-order chi connectivity index (χ1) is 9.76. The summed E-state index contributed by atoms with van der Waals surface area (Å²) in [5.74, 6) is 0.0760. The lowest BCUT2D eigenvalue weighted by Crippen LogP contribution is -2.39. The van der Waals surface area contributed by atoms with Crippen molar-refractivity contribution >= 4 is 5.91 Å². The lowest BCUT2D eigenvalue weighted by molar-refractivity contribution is 0.0898. The molecule has 2 nitrogen and oxygen atoms in total. The molecule has 1 amide bonds. The van der Waals surface area contributed by atoms with Gasteiger partial charge in [0.2, 0.25) is 0 Å². The van der Waals surface area contributed by atoms with E-state index in [1.165, 1.54) is 51.4 Å². The van der Waals surface area contributed by atoms with Gasteiger partial charge >= 0.3 is 0 Å². The van der Waals surface area contributed by atoms with Crippen LogP contribution in [0.25, 0.3) is 0 Å². The highest BCUT2D eigenvalue weighted by Gasteiger charge is 2.31. The van der Waals surface area contributed by atoms with E-state index in [1.807, 2.05) is 30.3 Å². The highest BCUT2D eigenvalue weighted by molar-refractivity contribution is 5.94. The van der Waals surface area contributed by atoms with Crippen molar-refractivity contribution in [2.24, 2.45) is 5.41 Å². The third kappa shape index (κ3) is 4.09. The zero-order valence-corrected chi connectivity index (χ0v) is 12.7. The second kappa shape index (κ2) is 7.47. The van der Waals surface area contributed by atoms with Gasteiger partial charge in [0.1, 0.15) is 0 Å². The van der Waals surface area contributed by atoms with Gasteiger partial charge in [-0.05, 0) is 36.8 Å². The lowest BCUT2D eigenvalue weighted by atomic mass is 9.71. The number of nitrogens with one attached hydrogen (secondary N) is 1. The van der Waals surface area contributed by atoms with Crippen LogP contribution in [0.2, 0.25) is 0 Å². The fourth-order valence-corrected chi connectivity index (χ4v) is 3.33. The van der Waals surface area contributed by atoms with Crippen LogP contribution in [0.3, 0.4) is 0 Å². The molecule has 1 aromatic carbocycles. The van der Waals surface area contributed by atoms with E-state index in [4.69, 9.17) is 0 Å². The first-order valence-electron chi connectivity index (χ1n) is 8.09. The normalized spacial score (nSPS) is 17.6. The molecule has 1 saturated carbocycles. The zero-order chi connectivity index (χ0) is 14.3. The summed E-state index contributed by atoms with van der Waals surface area (Å²) in [6.45, 7) is 3.10. The van der Waals surface area contributed by atoms with Gasteiger partial charge in [0.15, 0.2) is 0 Å². The molecule has 0 heterocycles. The number of amides is 1. The van der Waals surface area contributed by atoms with Crippen LogP contribution in [-0.2, 0) is 0 Å². The van der Waals surface area contributed by atoms with Gasteiger partial charge in [0.25, 0.3) is 5.91 Å². The number of benzene rings is 1. The molecule has 0 saturated heterocycles. The number of hydrogen-bond donors (Lipinski definition) is 1. The number of carbonyl (C=O) groups is 1. The molecule has 1 aliphatic rings. The minimum atomic E-state index is 0.0760. The van der Waals surface area contributed by atoms with Crippen molar-refractivity contribution in [2.45, 2.75) is 58.3 Å². The molecular formula is C18H27NO. The van der Waals surface area contributed by atoms with Crippen molar-refractivity contribution in [3.63, 3.8) is 0 Å². The Kier molecular flexibility index (Phi) is 5.63. The Morgan fingerprint density at radius 1 is 1.15 bits per heavy atom. The molecule has 110 valence electrons. The predicted molar refractivity (Wildman–Crippen MR) is 83.8 cm³/mol. The van der Waals surface area contributed by atoms with Gasteiger partial charge in [-0.3, -0.25) is 4.79 Å². The second-order valence-electron chi connectivity index (χ2n) is 6.21. The molecule has 1 aliphatic carbocycles. The van der Waals surface area contributed by atoms with E-state index in [1.54, 1.807) is 0 Å². The summed E-state index contributed by atoms with van der Waals surface area (Å²) in [5, 5.41) is 3.18. The molecular weight excluding hydrogens is 246 g/mol. The first-order valence-corrected chi connectivity index (χ1v) is 8.09. The van der Waals surface area contributed by atoms with E-state index in [-0.39, 0.29) is 5.91 Å². The van der Waals surface area contributed by atoms with Crippen molar-refractivity contribution in [3.05, 3.63) is 35.9 Å². The molecule has 0 aromatic heterocycles. The summed E-state index contributed by atoms with van der Waals surface area (Å²) in [4.78, 5) is 12.2. The maximum Gasteiger partial charge on any atom is 0.251 e. The molecule has 1 fully saturated rings. The maximum absolute atomic E-state index is 12.2. The van der Waals surface area contributed by atoms with E-state index in [2.05, 4.69) is 12.2 Å². The molecule has 0 radical (unpaired) electrons. The summed E-state index contributed by atoms with van der Waals surface area (Å²) >= 11 is 0. The summed E-state index contributed by atoms with van der Waals surface area (Å²) in [5.41, 5.74) is 1.13. The summed E-state index contributed by atoms with van der Waals surface area (Å²) in [6.07, 6.45) is 10.4. The molecule has 0 unspecified atom stereocenters. The average Bonchev–Trinajstić information content (AvgIpc) is 2.52. The van der Waals surface area contributed by atoms with Crippen LogP contribution in [0.4, 0.5) is 0 Å². The van der Waals surface area contributed by atoms with Gasteiger partial charge < -0.3 is 5.32 Å². The molecule has 1 N–H and O–H groups in total. The predicted octanol–water partition coefficient (Wildman–Crippen LogP) is 4.56. The number of carbonyl (C=O) groups excluding carboxylic acids is 1. The Hall–Kier alpha value is -1.31. The fourth-order valence-electron chi connectivity index (χ4n) is 3.33. The molecule has 2 heteroatoms. The smallest absolute Gasteiger partial charge is 0.251 e. The molecule has 2 rings (SSSR count). The molecule has 0 aliphatic heterocycles. The zero-order valence-electron chi connectivity index (χ0n) is 12.7. The van der Waals surface area contributed by atoms with Crippen molar-refractivity contribution in [1.82, 2.24) is 5.32 Å². The van der Waals surface area contributed by atoms with Gasteiger partial charge in [-0.15, -0.1) is 0 Å². The Balaban J connectivity index is 1.93. The van der Waals surface area contributed by atoms with Crippen LogP contribution >= 0.6 is 0 Å². The lowest BCUT2D eigenvalue weighted by Gasteiger charge is -2.37. The monoisotopic (exact) mass is 273 g/mol. The molecule has 20 heavy (non-hydrogen) atoms. The summed E-state index contributed by atoms with van der Waals surface area (Å²) in [6, 6.07) is 9.55. The van der Waals surface area contributed by atoms with Crippen LogP contribution in [-0.4, -0.2) is 12.5 Å². The van der Waals surface area contributed by atoms with E-state index in [0.29, 0.717) is 5.41 Å².